The van der Waals surface area contributed by atoms with Gasteiger partial charge in [-0.1, -0.05) is 0 Å². The monoisotopic (exact) mass is 307 g/mol. The number of carbonyl (C=O) groups is 1. The Morgan fingerprint density at radius 1 is 1.26 bits per heavy atom. The van der Waals surface area contributed by atoms with E-state index in [1.165, 1.54) is 4.68 Å². The lowest BCUT2D eigenvalue weighted by Crippen LogP contribution is -2.18. The number of hydrogen-bond acceptors (Lipinski definition) is 5. The summed E-state index contributed by atoms with van der Waals surface area (Å²) in [7, 11) is 0. The molecular formula is C15H13N7O. The third-order valence-corrected chi connectivity index (χ3v) is 3.60. The van der Waals surface area contributed by atoms with Crippen molar-refractivity contribution in [3.8, 4) is 5.69 Å². The van der Waals surface area contributed by atoms with E-state index in [9.17, 15) is 4.79 Å². The van der Waals surface area contributed by atoms with Gasteiger partial charge in [-0.05, 0) is 24.3 Å². The number of hydrogen-bond donors (Lipinski definition) is 2. The van der Waals surface area contributed by atoms with E-state index in [1.54, 1.807) is 17.1 Å². The first kappa shape index (κ1) is 13.3. The van der Waals surface area contributed by atoms with Crippen LogP contribution in [-0.4, -0.2) is 30.5 Å². The molecule has 0 saturated heterocycles. The van der Waals surface area contributed by atoms with E-state index in [0.29, 0.717) is 22.2 Å². The van der Waals surface area contributed by atoms with Crippen LogP contribution in [0.15, 0.2) is 42.9 Å². The maximum Gasteiger partial charge on any atom is 0.239 e. The summed E-state index contributed by atoms with van der Waals surface area (Å²) >= 11 is 0. The molecule has 1 amide bonds. The molecular weight excluding hydrogens is 294 g/mol. The predicted molar refractivity (Wildman–Crippen MR) is 85.8 cm³/mol. The molecule has 114 valence electrons. The lowest BCUT2D eigenvalue weighted by Gasteiger charge is -2.05. The molecule has 4 rings (SSSR count). The second-order valence-electron chi connectivity index (χ2n) is 5.20. The van der Waals surface area contributed by atoms with E-state index >= 15 is 0 Å². The second-order valence-corrected chi connectivity index (χ2v) is 5.20. The molecule has 0 aliphatic carbocycles. The highest BCUT2D eigenvalue weighted by Gasteiger charge is 2.12. The summed E-state index contributed by atoms with van der Waals surface area (Å²) in [5.41, 5.74) is 13.5. The molecule has 23 heavy (non-hydrogen) atoms. The van der Waals surface area contributed by atoms with Gasteiger partial charge in [-0.25, -0.2) is 9.67 Å². The van der Waals surface area contributed by atoms with Crippen molar-refractivity contribution in [2.45, 2.75) is 6.54 Å². The lowest BCUT2D eigenvalue weighted by molar-refractivity contribution is -0.118. The molecule has 0 fully saturated rings. The van der Waals surface area contributed by atoms with Crippen LogP contribution in [0.25, 0.3) is 27.5 Å². The second kappa shape index (κ2) is 4.80. The van der Waals surface area contributed by atoms with Crippen LogP contribution in [0.5, 0.6) is 0 Å². The zero-order valence-corrected chi connectivity index (χ0v) is 12.0. The van der Waals surface area contributed by atoms with Crippen molar-refractivity contribution in [2.75, 3.05) is 5.73 Å². The first-order chi connectivity index (χ1) is 11.1. The Balaban J connectivity index is 1.94. The summed E-state index contributed by atoms with van der Waals surface area (Å²) in [6.45, 7) is 0.000976. The van der Waals surface area contributed by atoms with Crippen molar-refractivity contribution in [3.05, 3.63) is 42.9 Å². The maximum atomic E-state index is 11.1. The Morgan fingerprint density at radius 2 is 2.13 bits per heavy atom. The van der Waals surface area contributed by atoms with Crippen LogP contribution in [0.1, 0.15) is 0 Å². The van der Waals surface area contributed by atoms with E-state index < -0.39 is 5.91 Å². The van der Waals surface area contributed by atoms with Crippen LogP contribution in [0, 0.1) is 0 Å². The number of nitrogens with two attached hydrogens (primary N) is 2. The molecule has 3 aromatic heterocycles. The number of nitrogen functional groups attached to an aromatic ring is 1. The Morgan fingerprint density at radius 3 is 2.87 bits per heavy atom. The number of rotatable bonds is 3. The molecule has 0 unspecified atom stereocenters. The minimum atomic E-state index is -0.463. The average molecular weight is 307 g/mol. The average Bonchev–Trinajstić information content (AvgIpc) is 3.15. The molecule has 8 heteroatoms. The molecule has 0 atom stereocenters. The summed E-state index contributed by atoms with van der Waals surface area (Å²) in [6, 6.07) is 7.59. The number of aromatic nitrogens is 5. The van der Waals surface area contributed by atoms with Crippen LogP contribution in [-0.2, 0) is 11.3 Å². The van der Waals surface area contributed by atoms with Gasteiger partial charge in [0.25, 0.3) is 0 Å². The molecule has 1 aromatic carbocycles. The summed E-state index contributed by atoms with van der Waals surface area (Å²) in [6.07, 6.45) is 5.24. The number of amides is 1. The van der Waals surface area contributed by atoms with Gasteiger partial charge < -0.3 is 11.5 Å². The third kappa shape index (κ3) is 2.16. The largest absolute Gasteiger partial charge is 0.383 e. The smallest absolute Gasteiger partial charge is 0.239 e. The molecule has 3 heterocycles. The number of anilines is 1. The van der Waals surface area contributed by atoms with Crippen molar-refractivity contribution in [1.29, 1.82) is 0 Å². The van der Waals surface area contributed by atoms with Gasteiger partial charge in [0, 0.05) is 24.0 Å². The molecule has 4 N–H and O–H groups in total. The summed E-state index contributed by atoms with van der Waals surface area (Å²) in [5.74, 6) is -0.101. The molecule has 0 spiro atoms. The van der Waals surface area contributed by atoms with Gasteiger partial charge in [0.05, 0.1) is 16.6 Å². The highest BCUT2D eigenvalue weighted by molar-refractivity contribution is 6.07. The van der Waals surface area contributed by atoms with Crippen molar-refractivity contribution in [2.24, 2.45) is 5.73 Å². The van der Waals surface area contributed by atoms with E-state index in [-0.39, 0.29) is 6.54 Å². The van der Waals surface area contributed by atoms with E-state index in [4.69, 9.17) is 11.5 Å². The summed E-state index contributed by atoms with van der Waals surface area (Å²) in [5, 5.41) is 10.2. The SMILES string of the molecule is NC(=O)Cn1cc2c(N)nc3cc(-n4cccn4)ccc3c2n1. The van der Waals surface area contributed by atoms with Gasteiger partial charge in [0.15, 0.2) is 0 Å². The highest BCUT2D eigenvalue weighted by atomic mass is 16.1. The topological polar surface area (TPSA) is 118 Å². The van der Waals surface area contributed by atoms with Crippen LogP contribution >= 0.6 is 0 Å². The summed E-state index contributed by atoms with van der Waals surface area (Å²) in [4.78, 5) is 15.5. The molecule has 0 aliphatic rings. The first-order valence-electron chi connectivity index (χ1n) is 6.96. The minimum Gasteiger partial charge on any atom is -0.383 e. The third-order valence-electron chi connectivity index (χ3n) is 3.60. The van der Waals surface area contributed by atoms with Gasteiger partial charge in [-0.15, -0.1) is 0 Å². The van der Waals surface area contributed by atoms with Gasteiger partial charge in [0.1, 0.15) is 17.9 Å². The zero-order valence-electron chi connectivity index (χ0n) is 12.0. The van der Waals surface area contributed by atoms with Crippen LogP contribution in [0.2, 0.25) is 0 Å². The minimum absolute atomic E-state index is 0.000976. The molecule has 8 nitrogen and oxygen atoms in total. The zero-order chi connectivity index (χ0) is 16.0. The Bertz CT molecular complexity index is 1030. The molecule has 0 aliphatic heterocycles. The number of nitrogens with zero attached hydrogens (tertiary/aromatic N) is 5. The van der Waals surface area contributed by atoms with Crippen molar-refractivity contribution >= 4 is 33.5 Å². The van der Waals surface area contributed by atoms with E-state index in [0.717, 1.165) is 11.1 Å². The molecule has 4 aromatic rings. The fourth-order valence-electron chi connectivity index (χ4n) is 2.62. The van der Waals surface area contributed by atoms with Crippen LogP contribution in [0.3, 0.4) is 0 Å². The highest BCUT2D eigenvalue weighted by Crippen LogP contribution is 2.28. The van der Waals surface area contributed by atoms with Crippen molar-refractivity contribution in [1.82, 2.24) is 24.5 Å². The lowest BCUT2D eigenvalue weighted by atomic mass is 10.1. The van der Waals surface area contributed by atoms with Crippen molar-refractivity contribution in [3.63, 3.8) is 0 Å². The number of benzene rings is 1. The number of carbonyl (C=O) groups excluding carboxylic acids is 1. The van der Waals surface area contributed by atoms with E-state index in [1.807, 2.05) is 30.5 Å². The Labute approximate surface area is 130 Å². The van der Waals surface area contributed by atoms with Crippen LogP contribution < -0.4 is 11.5 Å². The standard InChI is InChI=1S/C15H13N7O/c16-13(23)8-21-7-11-14(20-21)10-3-2-9(22-5-1-4-18-22)6-12(10)19-15(11)17/h1-7H,8H2,(H2,16,23)(H2,17,19). The van der Waals surface area contributed by atoms with Gasteiger partial charge in [-0.2, -0.15) is 10.2 Å². The number of primary amides is 1. The Hall–Kier alpha value is -3.42. The number of fused-ring (bicyclic) bond motifs is 3. The first-order valence-corrected chi connectivity index (χ1v) is 6.96. The summed E-state index contributed by atoms with van der Waals surface area (Å²) < 4.78 is 3.22. The Kier molecular flexibility index (Phi) is 2.77. The fourth-order valence-corrected chi connectivity index (χ4v) is 2.62. The normalized spacial score (nSPS) is 11.3. The fraction of sp³-hybridized carbons (Fsp3) is 0.0667. The van der Waals surface area contributed by atoms with Gasteiger partial charge in [-0.3, -0.25) is 9.48 Å². The van der Waals surface area contributed by atoms with Gasteiger partial charge >= 0.3 is 0 Å². The van der Waals surface area contributed by atoms with Crippen molar-refractivity contribution < 1.29 is 4.79 Å². The van der Waals surface area contributed by atoms with E-state index in [2.05, 4.69) is 15.2 Å². The quantitative estimate of drug-likeness (QED) is 0.581. The molecule has 0 radical (unpaired) electrons. The van der Waals surface area contributed by atoms with Crippen LogP contribution in [0.4, 0.5) is 5.82 Å². The number of pyridine rings is 1. The molecule has 0 bridgehead atoms. The maximum absolute atomic E-state index is 11.1. The molecule has 0 saturated carbocycles. The van der Waals surface area contributed by atoms with Gasteiger partial charge in [0.2, 0.25) is 5.91 Å². The predicted octanol–water partition coefficient (Wildman–Crippen LogP) is 0.838.